The van der Waals surface area contributed by atoms with Gasteiger partial charge in [0, 0.05) is 5.56 Å². The molecule has 2 N–H and O–H groups in total. The molecule has 0 radical (unpaired) electrons. The van der Waals surface area contributed by atoms with Gasteiger partial charge >= 0.3 is 5.97 Å². The Morgan fingerprint density at radius 1 is 1.19 bits per heavy atom. The fourth-order valence-corrected chi connectivity index (χ4v) is 2.63. The van der Waals surface area contributed by atoms with Gasteiger partial charge in [0.2, 0.25) is 5.75 Å². The zero-order chi connectivity index (χ0) is 19.3. The molecule has 0 aliphatic heterocycles. The summed E-state index contributed by atoms with van der Waals surface area (Å²) in [6.45, 7) is 6.82. The minimum absolute atomic E-state index is 0.0305. The summed E-state index contributed by atoms with van der Waals surface area (Å²) < 4.78 is 16.1. The number of aliphatic hydroxyl groups excluding tert-OH is 1. The van der Waals surface area contributed by atoms with Gasteiger partial charge in [0.25, 0.3) is 0 Å². The first kappa shape index (κ1) is 19.1. The summed E-state index contributed by atoms with van der Waals surface area (Å²) in [5.41, 5.74) is 2.34. The van der Waals surface area contributed by atoms with Crippen molar-refractivity contribution in [1.29, 1.82) is 0 Å². The first-order valence-electron chi connectivity index (χ1n) is 7.66. The second-order valence-electron chi connectivity index (χ2n) is 5.25. The summed E-state index contributed by atoms with van der Waals surface area (Å²) in [5, 5.41) is 18.5. The fourth-order valence-electron chi connectivity index (χ4n) is 2.63. The van der Waals surface area contributed by atoms with E-state index in [4.69, 9.17) is 14.2 Å². The molecule has 0 saturated heterocycles. The van der Waals surface area contributed by atoms with E-state index >= 15 is 0 Å². The van der Waals surface area contributed by atoms with Crippen LogP contribution in [0.25, 0.3) is 22.8 Å². The van der Waals surface area contributed by atoms with Crippen LogP contribution in [0, 0.1) is 0 Å². The lowest BCUT2D eigenvalue weighted by Gasteiger charge is -2.19. The molecule has 6 nitrogen and oxygen atoms in total. The number of aliphatic carboxylic acids is 1. The topological polar surface area (TPSA) is 85.2 Å². The molecule has 2 aromatic rings. The van der Waals surface area contributed by atoms with Gasteiger partial charge < -0.3 is 24.4 Å². The molecule has 0 bridgehead atoms. The second-order valence-corrected chi connectivity index (χ2v) is 5.25. The summed E-state index contributed by atoms with van der Waals surface area (Å²) in [6, 6.07) is 8.56. The van der Waals surface area contributed by atoms with E-state index in [1.54, 1.807) is 36.4 Å². The third-order valence-corrected chi connectivity index (χ3v) is 3.84. The van der Waals surface area contributed by atoms with Crippen molar-refractivity contribution in [1.82, 2.24) is 0 Å². The van der Waals surface area contributed by atoms with Gasteiger partial charge in [0.15, 0.2) is 18.3 Å². The second kappa shape index (κ2) is 8.22. The third kappa shape index (κ3) is 3.55. The fraction of sp³-hybridized carbons (Fsp3) is 0.150. The molecule has 0 amide bonds. The summed E-state index contributed by atoms with van der Waals surface area (Å²) in [4.78, 5) is 11.2. The molecular weight excluding hydrogens is 336 g/mol. The molecule has 0 spiro atoms. The van der Waals surface area contributed by atoms with Crippen molar-refractivity contribution < 1.29 is 29.2 Å². The number of methoxy groups -OCH3 is 2. The van der Waals surface area contributed by atoms with Gasteiger partial charge in [-0.05, 0) is 28.8 Å². The Kier molecular flexibility index (Phi) is 6.03. The number of carboxylic acid groups (broad SMARTS) is 1. The van der Waals surface area contributed by atoms with Crippen molar-refractivity contribution in [3.63, 3.8) is 0 Å². The van der Waals surface area contributed by atoms with E-state index in [0.717, 1.165) is 0 Å². The molecule has 0 unspecified atom stereocenters. The van der Waals surface area contributed by atoms with Gasteiger partial charge in [-0.3, -0.25) is 0 Å². The van der Waals surface area contributed by atoms with Crippen LogP contribution in [0.1, 0.15) is 11.1 Å². The molecule has 136 valence electrons. The van der Waals surface area contributed by atoms with Crippen LogP contribution >= 0.6 is 0 Å². The Morgan fingerprint density at radius 3 is 2.46 bits per heavy atom. The molecule has 2 rings (SSSR count). The van der Waals surface area contributed by atoms with Crippen molar-refractivity contribution in [3.8, 4) is 28.4 Å². The van der Waals surface area contributed by atoms with Crippen molar-refractivity contribution >= 4 is 17.6 Å². The first-order chi connectivity index (χ1) is 12.5. The molecule has 0 aromatic heterocycles. The zero-order valence-corrected chi connectivity index (χ0v) is 14.6. The zero-order valence-electron chi connectivity index (χ0n) is 14.6. The van der Waals surface area contributed by atoms with Gasteiger partial charge in [-0.15, -0.1) is 0 Å². The monoisotopic (exact) mass is 356 g/mol. The largest absolute Gasteiger partial charge is 0.493 e. The van der Waals surface area contributed by atoms with Gasteiger partial charge in [0.1, 0.15) is 0 Å². The Morgan fingerprint density at radius 2 is 1.92 bits per heavy atom. The molecule has 26 heavy (non-hydrogen) atoms. The quantitative estimate of drug-likeness (QED) is 0.557. The van der Waals surface area contributed by atoms with Crippen molar-refractivity contribution in [2.45, 2.75) is 0 Å². The van der Waals surface area contributed by atoms with Crippen LogP contribution in [0.2, 0.25) is 0 Å². The average Bonchev–Trinajstić information content (AvgIpc) is 2.66. The molecule has 0 atom stereocenters. The maximum atomic E-state index is 11.2. The summed E-state index contributed by atoms with van der Waals surface area (Å²) in [5.74, 6) is -0.113. The number of carboxylic acids is 1. The van der Waals surface area contributed by atoms with E-state index in [1.807, 2.05) is 0 Å². The lowest BCUT2D eigenvalue weighted by molar-refractivity contribution is -0.130. The lowest BCUT2D eigenvalue weighted by atomic mass is 9.94. The van der Waals surface area contributed by atoms with Crippen LogP contribution in [0.3, 0.4) is 0 Å². The number of hydrogen-bond donors (Lipinski definition) is 2. The molecular formula is C20H20O6. The predicted octanol–water partition coefficient (Wildman–Crippen LogP) is 3.44. The normalized spacial score (nSPS) is 10.1. The first-order valence-corrected chi connectivity index (χ1v) is 7.66. The SMILES string of the molecule is C=Cc1cc(OC)c(OC)c(OCO)c1-c1cccc(C(=C)C(=O)O)c1. The lowest BCUT2D eigenvalue weighted by Crippen LogP contribution is -2.03. The van der Waals surface area contributed by atoms with Crippen LogP contribution in [0.4, 0.5) is 0 Å². The van der Waals surface area contributed by atoms with E-state index in [1.165, 1.54) is 14.2 Å². The van der Waals surface area contributed by atoms with E-state index in [2.05, 4.69) is 13.2 Å². The molecule has 0 aliphatic rings. The minimum atomic E-state index is -1.11. The van der Waals surface area contributed by atoms with E-state index in [9.17, 15) is 15.0 Å². The van der Waals surface area contributed by atoms with Crippen LogP contribution in [-0.4, -0.2) is 37.2 Å². The van der Waals surface area contributed by atoms with Crippen LogP contribution in [0.5, 0.6) is 17.2 Å². The number of hydrogen-bond acceptors (Lipinski definition) is 5. The van der Waals surface area contributed by atoms with E-state index in [0.29, 0.717) is 33.8 Å². The van der Waals surface area contributed by atoms with E-state index in [-0.39, 0.29) is 11.3 Å². The molecule has 0 aliphatic carbocycles. The molecule has 2 aromatic carbocycles. The standard InChI is InChI=1S/C20H20O6/c1-5-13-10-16(24-3)18(25-4)19(26-11-21)17(13)15-8-6-7-14(9-15)12(2)20(22)23/h5-10,21H,1-2,11H2,3-4H3,(H,22,23). The Labute approximate surface area is 151 Å². The molecule has 0 heterocycles. The highest BCUT2D eigenvalue weighted by Gasteiger charge is 2.22. The Balaban J connectivity index is 2.79. The molecule has 0 saturated carbocycles. The highest BCUT2D eigenvalue weighted by atomic mass is 16.6. The molecule has 0 fully saturated rings. The maximum Gasteiger partial charge on any atom is 0.335 e. The highest BCUT2D eigenvalue weighted by molar-refractivity contribution is 6.14. The molecule has 6 heteroatoms. The van der Waals surface area contributed by atoms with Gasteiger partial charge in [-0.25, -0.2) is 4.79 Å². The van der Waals surface area contributed by atoms with Gasteiger partial charge in [-0.1, -0.05) is 37.4 Å². The number of benzene rings is 2. The summed E-state index contributed by atoms with van der Waals surface area (Å²) in [7, 11) is 2.95. The van der Waals surface area contributed by atoms with Gasteiger partial charge in [-0.2, -0.15) is 0 Å². The summed E-state index contributed by atoms with van der Waals surface area (Å²) in [6.07, 6.45) is 1.61. The van der Waals surface area contributed by atoms with E-state index < -0.39 is 12.8 Å². The Bertz CT molecular complexity index is 854. The summed E-state index contributed by atoms with van der Waals surface area (Å²) >= 11 is 0. The van der Waals surface area contributed by atoms with Gasteiger partial charge in [0.05, 0.1) is 19.8 Å². The maximum absolute atomic E-state index is 11.2. The number of carbonyl (C=O) groups is 1. The number of aliphatic hydroxyl groups is 1. The van der Waals surface area contributed by atoms with Crippen molar-refractivity contribution in [2.24, 2.45) is 0 Å². The van der Waals surface area contributed by atoms with Crippen LogP contribution < -0.4 is 14.2 Å². The predicted molar refractivity (Wildman–Crippen MR) is 99.5 cm³/mol. The minimum Gasteiger partial charge on any atom is -0.493 e. The highest BCUT2D eigenvalue weighted by Crippen LogP contribution is 2.47. The third-order valence-electron chi connectivity index (χ3n) is 3.84. The van der Waals surface area contributed by atoms with Crippen LogP contribution in [-0.2, 0) is 4.79 Å². The smallest absolute Gasteiger partial charge is 0.335 e. The average molecular weight is 356 g/mol. The Hall–Kier alpha value is -3.25. The number of ether oxygens (including phenoxy) is 3. The van der Waals surface area contributed by atoms with Crippen molar-refractivity contribution in [3.05, 3.63) is 54.6 Å². The van der Waals surface area contributed by atoms with Crippen LogP contribution in [0.15, 0.2) is 43.5 Å². The number of rotatable bonds is 8. The van der Waals surface area contributed by atoms with Crippen molar-refractivity contribution in [2.75, 3.05) is 21.0 Å².